The van der Waals surface area contributed by atoms with E-state index in [2.05, 4.69) is 15.2 Å². The van der Waals surface area contributed by atoms with Crippen LogP contribution in [-0.2, 0) is 0 Å². The number of hydrogen-bond donors (Lipinski definition) is 0. The van der Waals surface area contributed by atoms with Gasteiger partial charge in [-0.2, -0.15) is 0 Å². The van der Waals surface area contributed by atoms with Gasteiger partial charge in [0, 0.05) is 0 Å². The van der Waals surface area contributed by atoms with Crippen LogP contribution in [-0.4, -0.2) is 11.3 Å². The van der Waals surface area contributed by atoms with Crippen molar-refractivity contribution < 1.29 is 17.9 Å². The van der Waals surface area contributed by atoms with Gasteiger partial charge in [-0.3, -0.25) is 0 Å². The molecule has 0 fully saturated rings. The maximum Gasteiger partial charge on any atom is 0.573 e. The second-order valence-electron chi connectivity index (χ2n) is 1.32. The molecule has 6 heteroatoms. The van der Waals surface area contributed by atoms with E-state index in [1.54, 1.807) is 0 Å². The fourth-order valence-corrected chi connectivity index (χ4v) is 0.775. The molecular weight excluding hydrogens is 167 g/mol. The van der Waals surface area contributed by atoms with E-state index in [0.29, 0.717) is 11.3 Å². The molecule has 10 heavy (non-hydrogen) atoms. The number of aromatic nitrogens is 1. The minimum absolute atomic E-state index is 0.299. The highest BCUT2D eigenvalue weighted by atomic mass is 32.1. The Hall–Kier alpha value is -0.780. The average molecular weight is 168 g/mol. The second-order valence-corrected chi connectivity index (χ2v) is 2.11. The summed E-state index contributed by atoms with van der Waals surface area (Å²) in [5.41, 5.74) is 2.22. The summed E-state index contributed by atoms with van der Waals surface area (Å²) in [6, 6.07) is 0. The van der Waals surface area contributed by atoms with Crippen LogP contribution in [0, 0.1) is 5.51 Å². The number of hydrogen-bond acceptors (Lipinski definition) is 3. The maximum atomic E-state index is 11.4. The molecule has 0 aliphatic heterocycles. The first-order valence-electron chi connectivity index (χ1n) is 2.15. The molecular formula is C4HF3NOS. The quantitative estimate of drug-likeness (QED) is 0.638. The zero-order valence-electron chi connectivity index (χ0n) is 4.47. The minimum Gasteiger partial charge on any atom is -0.394 e. The molecule has 0 aliphatic carbocycles. The normalized spacial score (nSPS) is 11.5. The monoisotopic (exact) mass is 168 g/mol. The Morgan fingerprint density at radius 1 is 1.60 bits per heavy atom. The Kier molecular flexibility index (Phi) is 1.80. The summed E-state index contributed by atoms with van der Waals surface area (Å²) < 4.78 is 37.6. The molecule has 0 atom stereocenters. The summed E-state index contributed by atoms with van der Waals surface area (Å²) in [6.45, 7) is 0. The molecule has 0 bridgehead atoms. The predicted octanol–water partition coefficient (Wildman–Crippen LogP) is 1.84. The Morgan fingerprint density at radius 3 is 2.70 bits per heavy atom. The summed E-state index contributed by atoms with van der Waals surface area (Å²) in [4.78, 5) is 3.27. The van der Waals surface area contributed by atoms with E-state index in [4.69, 9.17) is 0 Å². The third kappa shape index (κ3) is 2.22. The summed E-state index contributed by atoms with van der Waals surface area (Å²) in [5.74, 6) is 0. The highest BCUT2D eigenvalue weighted by Crippen LogP contribution is 2.24. The van der Waals surface area contributed by atoms with Crippen LogP contribution in [0.5, 0.6) is 5.06 Å². The molecule has 0 amide bonds. The van der Waals surface area contributed by atoms with Crippen LogP contribution < -0.4 is 4.74 Å². The second kappa shape index (κ2) is 2.45. The standard InChI is InChI=1S/C4HF3NOS/c5-4(6,7)9-3-1-8-2-10-3/h1H. The van der Waals surface area contributed by atoms with Gasteiger partial charge >= 0.3 is 6.36 Å². The zero-order valence-corrected chi connectivity index (χ0v) is 5.29. The third-order valence-corrected chi connectivity index (χ3v) is 1.17. The van der Waals surface area contributed by atoms with Gasteiger partial charge in [-0.05, 0) is 0 Å². The first-order chi connectivity index (χ1) is 4.58. The first-order valence-corrected chi connectivity index (χ1v) is 2.97. The van der Waals surface area contributed by atoms with E-state index in [1.165, 1.54) is 0 Å². The van der Waals surface area contributed by atoms with Crippen molar-refractivity contribution in [2.24, 2.45) is 0 Å². The van der Waals surface area contributed by atoms with Crippen LogP contribution in [0.2, 0.25) is 0 Å². The van der Waals surface area contributed by atoms with Crippen LogP contribution in [0.4, 0.5) is 13.2 Å². The largest absolute Gasteiger partial charge is 0.573 e. The van der Waals surface area contributed by atoms with Crippen molar-refractivity contribution in [2.45, 2.75) is 6.36 Å². The first kappa shape index (κ1) is 7.33. The van der Waals surface area contributed by atoms with Crippen LogP contribution in [0.3, 0.4) is 0 Å². The van der Waals surface area contributed by atoms with Crippen molar-refractivity contribution in [3.05, 3.63) is 11.7 Å². The van der Waals surface area contributed by atoms with Gasteiger partial charge in [0.05, 0.1) is 6.20 Å². The van der Waals surface area contributed by atoms with E-state index in [-0.39, 0.29) is 5.06 Å². The molecule has 1 radical (unpaired) electrons. The fraction of sp³-hybridized carbons (Fsp3) is 0.250. The van der Waals surface area contributed by atoms with Gasteiger partial charge in [-0.1, -0.05) is 11.3 Å². The van der Waals surface area contributed by atoms with Crippen LogP contribution in [0.25, 0.3) is 0 Å². The van der Waals surface area contributed by atoms with E-state index in [9.17, 15) is 13.2 Å². The highest BCUT2D eigenvalue weighted by Gasteiger charge is 2.31. The van der Waals surface area contributed by atoms with Crippen molar-refractivity contribution in [3.63, 3.8) is 0 Å². The topological polar surface area (TPSA) is 22.1 Å². The van der Waals surface area contributed by atoms with Crippen molar-refractivity contribution in [1.29, 1.82) is 0 Å². The highest BCUT2D eigenvalue weighted by molar-refractivity contribution is 7.11. The Morgan fingerprint density at radius 2 is 2.30 bits per heavy atom. The lowest BCUT2D eigenvalue weighted by molar-refractivity contribution is -0.273. The summed E-state index contributed by atoms with van der Waals surface area (Å²) in [7, 11) is 0. The van der Waals surface area contributed by atoms with Gasteiger partial charge < -0.3 is 4.74 Å². The SMILES string of the molecule is FC(F)(F)Oc1cn[c]s1. The van der Waals surface area contributed by atoms with Crippen LogP contribution >= 0.6 is 11.3 Å². The van der Waals surface area contributed by atoms with Crippen LogP contribution in [0.15, 0.2) is 6.20 Å². The number of ether oxygens (including phenoxy) is 1. The minimum atomic E-state index is -4.62. The zero-order chi connectivity index (χ0) is 7.61. The molecule has 1 heterocycles. The van der Waals surface area contributed by atoms with E-state index >= 15 is 0 Å². The molecule has 0 aliphatic rings. The van der Waals surface area contributed by atoms with Gasteiger partial charge in [-0.15, -0.1) is 13.2 Å². The van der Waals surface area contributed by atoms with E-state index in [1.807, 2.05) is 0 Å². The molecule has 1 aromatic heterocycles. The fourth-order valence-electron chi connectivity index (χ4n) is 0.338. The lowest BCUT2D eigenvalue weighted by atomic mass is 10.9. The Labute approximate surface area is 58.3 Å². The van der Waals surface area contributed by atoms with Gasteiger partial charge in [0.15, 0.2) is 5.51 Å². The van der Waals surface area contributed by atoms with Gasteiger partial charge in [0.1, 0.15) is 0 Å². The molecule has 0 spiro atoms. The Balaban J connectivity index is 2.57. The molecule has 0 saturated carbocycles. The predicted molar refractivity (Wildman–Crippen MR) is 27.6 cm³/mol. The average Bonchev–Trinajstić information content (AvgIpc) is 2.12. The van der Waals surface area contributed by atoms with Gasteiger partial charge in [-0.25, -0.2) is 4.98 Å². The lowest BCUT2D eigenvalue weighted by Crippen LogP contribution is -2.16. The number of rotatable bonds is 1. The van der Waals surface area contributed by atoms with Crippen molar-refractivity contribution >= 4 is 11.3 Å². The number of thiazole rings is 1. The van der Waals surface area contributed by atoms with Gasteiger partial charge in [0.2, 0.25) is 5.06 Å². The van der Waals surface area contributed by atoms with Crippen molar-refractivity contribution in [3.8, 4) is 5.06 Å². The number of nitrogens with zero attached hydrogens (tertiary/aromatic N) is 1. The van der Waals surface area contributed by atoms with Crippen molar-refractivity contribution in [1.82, 2.24) is 4.98 Å². The number of alkyl halides is 3. The van der Waals surface area contributed by atoms with Gasteiger partial charge in [0.25, 0.3) is 0 Å². The summed E-state index contributed by atoms with van der Waals surface area (Å²) in [6.07, 6.45) is -3.67. The molecule has 0 saturated heterocycles. The molecule has 0 aromatic carbocycles. The lowest BCUT2D eigenvalue weighted by Gasteiger charge is -2.03. The Bertz CT molecular complexity index is 195. The van der Waals surface area contributed by atoms with E-state index < -0.39 is 6.36 Å². The smallest absolute Gasteiger partial charge is 0.394 e. The summed E-state index contributed by atoms with van der Waals surface area (Å²) >= 11 is 0.671. The summed E-state index contributed by atoms with van der Waals surface area (Å²) in [5, 5.41) is -0.299. The maximum absolute atomic E-state index is 11.4. The molecule has 55 valence electrons. The number of halogens is 3. The van der Waals surface area contributed by atoms with Crippen LogP contribution in [0.1, 0.15) is 0 Å². The molecule has 0 unspecified atom stereocenters. The molecule has 1 aromatic rings. The van der Waals surface area contributed by atoms with Crippen molar-refractivity contribution in [2.75, 3.05) is 0 Å². The molecule has 0 N–H and O–H groups in total. The van der Waals surface area contributed by atoms with E-state index in [0.717, 1.165) is 6.20 Å². The third-order valence-electron chi connectivity index (χ3n) is 0.585. The molecule has 2 nitrogen and oxygen atoms in total. The molecule has 1 rings (SSSR count).